The van der Waals surface area contributed by atoms with E-state index >= 15 is 0 Å². The van der Waals surface area contributed by atoms with E-state index in [1.54, 1.807) is 0 Å². The van der Waals surface area contributed by atoms with Gasteiger partial charge >= 0.3 is 0 Å². The summed E-state index contributed by atoms with van der Waals surface area (Å²) in [4.78, 5) is 11.3. The highest BCUT2D eigenvalue weighted by atomic mass is 35.5. The number of halogens is 1. The monoisotopic (exact) mass is 399 g/mol. The molecule has 0 saturated carbocycles. The fourth-order valence-electron chi connectivity index (χ4n) is 3.53. The number of aromatic nitrogens is 1. The van der Waals surface area contributed by atoms with E-state index in [0.717, 1.165) is 68.5 Å². The molecule has 0 bridgehead atoms. The summed E-state index contributed by atoms with van der Waals surface area (Å²) in [7, 11) is 1.83. The number of benzene rings is 1. The number of rotatable bonds is 7. The zero-order valence-electron chi connectivity index (χ0n) is 16.6. The molecule has 0 aliphatic carbocycles. The van der Waals surface area contributed by atoms with Crippen LogP contribution in [0.4, 0.5) is 0 Å². The number of nitrogens with one attached hydrogen (secondary N) is 2. The summed E-state index contributed by atoms with van der Waals surface area (Å²) in [6.45, 7) is 3.97. The van der Waals surface area contributed by atoms with Crippen LogP contribution in [-0.4, -0.2) is 48.6 Å². The van der Waals surface area contributed by atoms with Crippen molar-refractivity contribution in [1.29, 1.82) is 0 Å². The highest BCUT2D eigenvalue weighted by Crippen LogP contribution is 2.16. The normalized spacial score (nSPS) is 16.1. The first-order chi connectivity index (χ1) is 13.7. The summed E-state index contributed by atoms with van der Waals surface area (Å²) in [5, 5.41) is 7.85. The highest BCUT2D eigenvalue weighted by Gasteiger charge is 2.20. The SMILES string of the molecule is CN=C(NCCCc1ccccc1Cl)NC1CCN(Cc2ccccn2)CC1. The summed E-state index contributed by atoms with van der Waals surface area (Å²) in [5.41, 5.74) is 2.35. The van der Waals surface area contributed by atoms with Gasteiger partial charge in [0.15, 0.2) is 5.96 Å². The van der Waals surface area contributed by atoms with E-state index in [9.17, 15) is 0 Å². The van der Waals surface area contributed by atoms with Gasteiger partial charge in [-0.1, -0.05) is 35.9 Å². The van der Waals surface area contributed by atoms with E-state index in [-0.39, 0.29) is 0 Å². The lowest BCUT2D eigenvalue weighted by molar-refractivity contribution is 0.196. The van der Waals surface area contributed by atoms with E-state index in [4.69, 9.17) is 11.6 Å². The van der Waals surface area contributed by atoms with E-state index in [1.165, 1.54) is 5.56 Å². The molecule has 0 atom stereocenters. The van der Waals surface area contributed by atoms with Gasteiger partial charge in [0.2, 0.25) is 0 Å². The third kappa shape index (κ3) is 6.50. The molecule has 0 radical (unpaired) electrons. The van der Waals surface area contributed by atoms with E-state index in [0.29, 0.717) is 6.04 Å². The molecular formula is C22H30ClN5. The first kappa shape index (κ1) is 20.6. The maximum Gasteiger partial charge on any atom is 0.191 e. The fourth-order valence-corrected chi connectivity index (χ4v) is 3.76. The first-order valence-electron chi connectivity index (χ1n) is 10.1. The largest absolute Gasteiger partial charge is 0.356 e. The molecule has 5 nitrogen and oxygen atoms in total. The third-order valence-electron chi connectivity index (χ3n) is 5.14. The molecule has 1 fully saturated rings. The van der Waals surface area contributed by atoms with Gasteiger partial charge in [0.05, 0.1) is 5.69 Å². The number of aryl methyl sites for hydroxylation is 1. The molecule has 150 valence electrons. The van der Waals surface area contributed by atoms with Crippen LogP contribution in [0.15, 0.2) is 53.7 Å². The molecule has 28 heavy (non-hydrogen) atoms. The minimum Gasteiger partial charge on any atom is -0.356 e. The molecule has 0 spiro atoms. The molecule has 2 heterocycles. The van der Waals surface area contributed by atoms with Crippen molar-refractivity contribution in [3.05, 3.63) is 64.9 Å². The Bertz CT molecular complexity index is 742. The summed E-state index contributed by atoms with van der Waals surface area (Å²) >= 11 is 6.22. The van der Waals surface area contributed by atoms with E-state index < -0.39 is 0 Å². The standard InChI is InChI=1S/C22H30ClN5/c1-24-22(26-14-6-8-18-7-2-3-10-21(18)23)27-19-11-15-28(16-12-19)17-20-9-4-5-13-25-20/h2-5,7,9-10,13,19H,6,8,11-12,14-17H2,1H3,(H2,24,26,27). The van der Waals surface area contributed by atoms with E-state index in [1.807, 2.05) is 37.5 Å². The highest BCUT2D eigenvalue weighted by molar-refractivity contribution is 6.31. The molecule has 1 saturated heterocycles. The van der Waals surface area contributed by atoms with Crippen LogP contribution in [0.25, 0.3) is 0 Å². The predicted octanol–water partition coefficient (Wildman–Crippen LogP) is 3.50. The Kier molecular flexibility index (Phi) is 8.12. The van der Waals surface area contributed by atoms with Crippen molar-refractivity contribution in [2.24, 2.45) is 4.99 Å². The molecule has 2 N–H and O–H groups in total. The zero-order valence-corrected chi connectivity index (χ0v) is 17.3. The van der Waals surface area contributed by atoms with Gasteiger partial charge in [0.1, 0.15) is 0 Å². The molecule has 1 aromatic heterocycles. The van der Waals surface area contributed by atoms with Gasteiger partial charge in [-0.15, -0.1) is 0 Å². The van der Waals surface area contributed by atoms with Crippen molar-refractivity contribution < 1.29 is 0 Å². The number of nitrogens with zero attached hydrogens (tertiary/aromatic N) is 3. The zero-order chi connectivity index (χ0) is 19.6. The summed E-state index contributed by atoms with van der Waals surface area (Å²) in [5.74, 6) is 0.891. The van der Waals surface area contributed by atoms with Gasteiger partial charge < -0.3 is 10.6 Å². The number of hydrogen-bond acceptors (Lipinski definition) is 3. The van der Waals surface area contributed by atoms with Gasteiger partial charge in [-0.05, 0) is 49.4 Å². The van der Waals surface area contributed by atoms with Crippen LogP contribution in [0.2, 0.25) is 5.02 Å². The topological polar surface area (TPSA) is 52.6 Å². The second-order valence-corrected chi connectivity index (χ2v) is 7.62. The summed E-state index contributed by atoms with van der Waals surface area (Å²) in [6.07, 6.45) is 6.09. The van der Waals surface area contributed by atoms with Crippen LogP contribution < -0.4 is 10.6 Å². The number of piperidine rings is 1. The first-order valence-corrected chi connectivity index (χ1v) is 10.5. The lowest BCUT2D eigenvalue weighted by atomic mass is 10.0. The molecule has 3 rings (SSSR count). The Balaban J connectivity index is 1.34. The molecule has 0 unspecified atom stereocenters. The number of aliphatic imine (C=N–C) groups is 1. The van der Waals surface area contributed by atoms with Crippen molar-refractivity contribution in [3.63, 3.8) is 0 Å². The molecule has 0 amide bonds. The van der Waals surface area contributed by atoms with Gasteiger partial charge in [-0.2, -0.15) is 0 Å². The number of hydrogen-bond donors (Lipinski definition) is 2. The molecule has 2 aromatic rings. The molecule has 1 aliphatic rings. The van der Waals surface area contributed by atoms with Crippen LogP contribution in [0, 0.1) is 0 Å². The lowest BCUT2D eigenvalue weighted by Crippen LogP contribution is -2.48. The lowest BCUT2D eigenvalue weighted by Gasteiger charge is -2.32. The van der Waals surface area contributed by atoms with Crippen molar-refractivity contribution in [1.82, 2.24) is 20.5 Å². The number of guanidine groups is 1. The van der Waals surface area contributed by atoms with Crippen LogP contribution in [0.3, 0.4) is 0 Å². The quantitative estimate of drug-likeness (QED) is 0.425. The number of likely N-dealkylation sites (tertiary alicyclic amines) is 1. The second kappa shape index (κ2) is 11.0. The Morgan fingerprint density at radius 3 is 2.68 bits per heavy atom. The Hall–Kier alpha value is -2.11. The summed E-state index contributed by atoms with van der Waals surface area (Å²) < 4.78 is 0. The Morgan fingerprint density at radius 2 is 1.96 bits per heavy atom. The second-order valence-electron chi connectivity index (χ2n) is 7.21. The minimum absolute atomic E-state index is 0.467. The van der Waals surface area contributed by atoms with Crippen LogP contribution in [-0.2, 0) is 13.0 Å². The third-order valence-corrected chi connectivity index (χ3v) is 5.51. The Labute approximate surface area is 173 Å². The van der Waals surface area contributed by atoms with Crippen LogP contribution in [0.1, 0.15) is 30.5 Å². The maximum atomic E-state index is 6.22. The van der Waals surface area contributed by atoms with Crippen LogP contribution in [0.5, 0.6) is 0 Å². The summed E-state index contributed by atoms with van der Waals surface area (Å²) in [6, 6.07) is 14.6. The average Bonchev–Trinajstić information content (AvgIpc) is 2.73. The Morgan fingerprint density at radius 1 is 1.18 bits per heavy atom. The van der Waals surface area contributed by atoms with Gasteiger partial charge in [-0.3, -0.25) is 14.9 Å². The molecule has 6 heteroatoms. The predicted molar refractivity (Wildman–Crippen MR) is 117 cm³/mol. The van der Waals surface area contributed by atoms with Crippen molar-refractivity contribution in [2.75, 3.05) is 26.7 Å². The van der Waals surface area contributed by atoms with Crippen molar-refractivity contribution in [2.45, 2.75) is 38.3 Å². The minimum atomic E-state index is 0.467. The van der Waals surface area contributed by atoms with Crippen LogP contribution >= 0.6 is 11.6 Å². The molecule has 1 aliphatic heterocycles. The fraction of sp³-hybridized carbons (Fsp3) is 0.455. The van der Waals surface area contributed by atoms with Gasteiger partial charge in [0.25, 0.3) is 0 Å². The molecular weight excluding hydrogens is 370 g/mol. The maximum absolute atomic E-state index is 6.22. The number of pyridine rings is 1. The smallest absolute Gasteiger partial charge is 0.191 e. The van der Waals surface area contributed by atoms with Crippen molar-refractivity contribution in [3.8, 4) is 0 Å². The molecule has 1 aromatic carbocycles. The van der Waals surface area contributed by atoms with E-state index in [2.05, 4.69) is 43.7 Å². The van der Waals surface area contributed by atoms with Gasteiger partial charge in [0, 0.05) is 50.5 Å². The van der Waals surface area contributed by atoms with Crippen molar-refractivity contribution >= 4 is 17.6 Å². The average molecular weight is 400 g/mol. The van der Waals surface area contributed by atoms with Gasteiger partial charge in [-0.25, -0.2) is 0 Å².